The fourth-order valence-electron chi connectivity index (χ4n) is 2.63. The Morgan fingerprint density at radius 1 is 1.53 bits per heavy atom. The Labute approximate surface area is 113 Å². The highest BCUT2D eigenvalue weighted by atomic mass is 16.5. The Kier molecular flexibility index (Phi) is 4.90. The minimum Gasteiger partial charge on any atom is -0.353 e. The zero-order chi connectivity index (χ0) is 13.7. The van der Waals surface area contributed by atoms with Crippen molar-refractivity contribution in [3.05, 3.63) is 11.7 Å². The van der Waals surface area contributed by atoms with E-state index in [4.69, 9.17) is 10.3 Å². The number of nitrogens with two attached hydrogens (primary N) is 1. The molecular weight excluding hydrogens is 244 g/mol. The second-order valence-corrected chi connectivity index (χ2v) is 5.19. The van der Waals surface area contributed by atoms with Crippen molar-refractivity contribution in [1.82, 2.24) is 15.5 Å². The maximum Gasteiger partial charge on any atom is 0.226 e. The molecule has 2 unspecified atom stereocenters. The molecule has 3 N–H and O–H groups in total. The predicted octanol–water partition coefficient (Wildman–Crippen LogP) is 0.944. The van der Waals surface area contributed by atoms with Crippen LogP contribution in [0.4, 0.5) is 0 Å². The van der Waals surface area contributed by atoms with Crippen molar-refractivity contribution in [3.8, 4) is 0 Å². The van der Waals surface area contributed by atoms with Gasteiger partial charge in [0.2, 0.25) is 11.8 Å². The number of nitrogens with one attached hydrogen (secondary N) is 1. The lowest BCUT2D eigenvalue weighted by molar-refractivity contribution is -0.122. The molecule has 1 heterocycles. The predicted molar refractivity (Wildman–Crippen MR) is 70.3 cm³/mol. The van der Waals surface area contributed by atoms with Crippen LogP contribution in [-0.2, 0) is 11.2 Å². The molecule has 0 radical (unpaired) electrons. The highest BCUT2D eigenvalue weighted by molar-refractivity contribution is 5.76. The van der Waals surface area contributed by atoms with Gasteiger partial charge in [-0.1, -0.05) is 11.6 Å². The van der Waals surface area contributed by atoms with Crippen molar-refractivity contribution in [1.29, 1.82) is 0 Å². The van der Waals surface area contributed by atoms with Crippen LogP contribution in [0.5, 0.6) is 0 Å². The third kappa shape index (κ3) is 4.02. The van der Waals surface area contributed by atoms with Gasteiger partial charge in [0.05, 0.1) is 0 Å². The quantitative estimate of drug-likeness (QED) is 0.799. The number of hydrogen-bond donors (Lipinski definition) is 2. The van der Waals surface area contributed by atoms with E-state index in [1.165, 1.54) is 0 Å². The maximum absolute atomic E-state index is 11.8. The number of carbonyl (C=O) groups is 1. The number of carbonyl (C=O) groups excluding carboxylic acids is 1. The summed E-state index contributed by atoms with van der Waals surface area (Å²) in [6, 6.07) is 0.267. The summed E-state index contributed by atoms with van der Waals surface area (Å²) < 4.78 is 5.00. The fourth-order valence-corrected chi connectivity index (χ4v) is 2.63. The van der Waals surface area contributed by atoms with Crippen LogP contribution < -0.4 is 11.1 Å². The smallest absolute Gasteiger partial charge is 0.226 e. The normalized spacial score (nSPS) is 22.6. The Balaban J connectivity index is 1.67. The summed E-state index contributed by atoms with van der Waals surface area (Å²) in [6.07, 6.45) is 5.22. The largest absolute Gasteiger partial charge is 0.353 e. The standard InChI is InChI=1S/C13H22N4O2/c1-9-15-13(19-17-9)7-3-6-12(18)16-11-5-2-4-10(11)8-14/h10-11H,2-8,14H2,1H3,(H,16,18). The summed E-state index contributed by atoms with van der Waals surface area (Å²) in [5.41, 5.74) is 5.70. The molecular formula is C13H22N4O2. The van der Waals surface area contributed by atoms with Crippen LogP contribution in [-0.4, -0.2) is 28.6 Å². The number of aryl methyl sites for hydroxylation is 2. The molecule has 2 rings (SSSR count). The molecule has 0 aromatic carbocycles. The lowest BCUT2D eigenvalue weighted by atomic mass is 10.0. The van der Waals surface area contributed by atoms with Gasteiger partial charge in [0, 0.05) is 18.9 Å². The van der Waals surface area contributed by atoms with Gasteiger partial charge in [0.15, 0.2) is 5.82 Å². The summed E-state index contributed by atoms with van der Waals surface area (Å²) >= 11 is 0. The summed E-state index contributed by atoms with van der Waals surface area (Å²) in [5, 5.41) is 6.80. The monoisotopic (exact) mass is 266 g/mol. The molecule has 1 aliphatic rings. The fraction of sp³-hybridized carbons (Fsp3) is 0.769. The summed E-state index contributed by atoms with van der Waals surface area (Å²) in [7, 11) is 0. The summed E-state index contributed by atoms with van der Waals surface area (Å²) in [6.45, 7) is 2.44. The Morgan fingerprint density at radius 3 is 3.05 bits per heavy atom. The van der Waals surface area contributed by atoms with Gasteiger partial charge in [0.1, 0.15) is 0 Å². The van der Waals surface area contributed by atoms with E-state index in [1.807, 2.05) is 0 Å². The highest BCUT2D eigenvalue weighted by Crippen LogP contribution is 2.24. The number of hydrogen-bond acceptors (Lipinski definition) is 5. The molecule has 1 aromatic heterocycles. The number of nitrogens with zero attached hydrogens (tertiary/aromatic N) is 2. The molecule has 6 heteroatoms. The van der Waals surface area contributed by atoms with Crippen LogP contribution in [0.2, 0.25) is 0 Å². The van der Waals surface area contributed by atoms with Crippen LogP contribution in [0.1, 0.15) is 43.8 Å². The van der Waals surface area contributed by atoms with Gasteiger partial charge >= 0.3 is 0 Å². The Morgan fingerprint density at radius 2 is 2.37 bits per heavy atom. The minimum absolute atomic E-state index is 0.0987. The second kappa shape index (κ2) is 6.65. The summed E-state index contributed by atoms with van der Waals surface area (Å²) in [4.78, 5) is 15.9. The molecule has 2 atom stereocenters. The van der Waals surface area contributed by atoms with Gasteiger partial charge < -0.3 is 15.6 Å². The van der Waals surface area contributed by atoms with Crippen LogP contribution >= 0.6 is 0 Å². The van der Waals surface area contributed by atoms with Gasteiger partial charge in [-0.05, 0) is 38.6 Å². The number of rotatable bonds is 6. The van der Waals surface area contributed by atoms with Gasteiger partial charge in [-0.2, -0.15) is 4.98 Å². The van der Waals surface area contributed by atoms with Crippen molar-refractivity contribution in [2.75, 3.05) is 6.54 Å². The van der Waals surface area contributed by atoms with Crippen LogP contribution in [0.3, 0.4) is 0 Å². The number of amides is 1. The van der Waals surface area contributed by atoms with Crippen molar-refractivity contribution in [3.63, 3.8) is 0 Å². The molecule has 19 heavy (non-hydrogen) atoms. The molecule has 1 saturated carbocycles. The molecule has 1 aromatic rings. The average molecular weight is 266 g/mol. The van der Waals surface area contributed by atoms with Crippen molar-refractivity contribution in [2.45, 2.75) is 51.5 Å². The van der Waals surface area contributed by atoms with E-state index < -0.39 is 0 Å². The zero-order valence-corrected chi connectivity index (χ0v) is 11.4. The lowest BCUT2D eigenvalue weighted by Crippen LogP contribution is -2.39. The van der Waals surface area contributed by atoms with Gasteiger partial charge in [0.25, 0.3) is 0 Å². The summed E-state index contributed by atoms with van der Waals surface area (Å²) in [5.74, 6) is 1.78. The van der Waals surface area contributed by atoms with Gasteiger partial charge in [-0.3, -0.25) is 4.79 Å². The molecule has 1 aliphatic carbocycles. The Hall–Kier alpha value is -1.43. The SMILES string of the molecule is Cc1noc(CCCC(=O)NC2CCCC2CN)n1. The molecule has 0 bridgehead atoms. The number of aromatic nitrogens is 2. The Bertz CT molecular complexity index is 419. The molecule has 1 fully saturated rings. The van der Waals surface area contributed by atoms with E-state index in [9.17, 15) is 4.79 Å². The molecule has 6 nitrogen and oxygen atoms in total. The van der Waals surface area contributed by atoms with E-state index in [1.54, 1.807) is 6.92 Å². The zero-order valence-electron chi connectivity index (χ0n) is 11.4. The minimum atomic E-state index is 0.0987. The molecule has 106 valence electrons. The van der Waals surface area contributed by atoms with E-state index in [2.05, 4.69) is 15.5 Å². The maximum atomic E-state index is 11.8. The first kappa shape index (κ1) is 14.0. The second-order valence-electron chi connectivity index (χ2n) is 5.19. The third-order valence-electron chi connectivity index (χ3n) is 3.67. The van der Waals surface area contributed by atoms with Gasteiger partial charge in [-0.25, -0.2) is 0 Å². The van der Waals surface area contributed by atoms with E-state index in [0.29, 0.717) is 37.0 Å². The average Bonchev–Trinajstić information content (AvgIpc) is 2.98. The topological polar surface area (TPSA) is 94.0 Å². The van der Waals surface area contributed by atoms with Crippen molar-refractivity contribution < 1.29 is 9.32 Å². The van der Waals surface area contributed by atoms with Crippen LogP contribution in [0, 0.1) is 12.8 Å². The van der Waals surface area contributed by atoms with Gasteiger partial charge in [-0.15, -0.1) is 0 Å². The van der Waals surface area contributed by atoms with E-state index in [0.717, 1.165) is 25.7 Å². The van der Waals surface area contributed by atoms with E-state index >= 15 is 0 Å². The van der Waals surface area contributed by atoms with Crippen molar-refractivity contribution >= 4 is 5.91 Å². The molecule has 1 amide bonds. The van der Waals surface area contributed by atoms with Crippen LogP contribution in [0.15, 0.2) is 4.52 Å². The highest BCUT2D eigenvalue weighted by Gasteiger charge is 2.26. The molecule has 0 spiro atoms. The third-order valence-corrected chi connectivity index (χ3v) is 3.67. The molecule has 0 aliphatic heterocycles. The lowest BCUT2D eigenvalue weighted by Gasteiger charge is -2.19. The van der Waals surface area contributed by atoms with E-state index in [-0.39, 0.29) is 11.9 Å². The van der Waals surface area contributed by atoms with Crippen LogP contribution in [0.25, 0.3) is 0 Å². The first-order valence-corrected chi connectivity index (χ1v) is 6.97. The molecule has 0 saturated heterocycles. The first-order chi connectivity index (χ1) is 9.19. The van der Waals surface area contributed by atoms with Crippen molar-refractivity contribution in [2.24, 2.45) is 11.7 Å². The first-order valence-electron chi connectivity index (χ1n) is 6.97.